The average Bonchev–Trinajstić information content (AvgIpc) is 2.34. The van der Waals surface area contributed by atoms with E-state index in [2.05, 4.69) is 10.5 Å². The van der Waals surface area contributed by atoms with Gasteiger partial charge in [-0.2, -0.15) is 5.10 Å². The van der Waals surface area contributed by atoms with E-state index in [1.165, 1.54) is 0 Å². The van der Waals surface area contributed by atoms with E-state index in [9.17, 15) is 4.79 Å². The molecule has 4 heteroatoms. The van der Waals surface area contributed by atoms with E-state index in [0.29, 0.717) is 11.3 Å². The molecular weight excluding hydrogens is 228 g/mol. The van der Waals surface area contributed by atoms with Crippen molar-refractivity contribution in [1.29, 1.82) is 0 Å². The van der Waals surface area contributed by atoms with Crippen molar-refractivity contribution >= 4 is 11.6 Å². The molecule has 0 saturated carbocycles. The van der Waals surface area contributed by atoms with Crippen molar-refractivity contribution in [3.8, 4) is 5.75 Å². The molecule has 98 valence electrons. The van der Waals surface area contributed by atoms with E-state index >= 15 is 0 Å². The van der Waals surface area contributed by atoms with Gasteiger partial charge >= 0.3 is 0 Å². The number of carbonyl (C=O) groups excluding carboxylic acids is 1. The molecule has 0 fully saturated rings. The normalized spacial score (nSPS) is 12.2. The van der Waals surface area contributed by atoms with Crippen LogP contribution in [0.3, 0.4) is 0 Å². The summed E-state index contributed by atoms with van der Waals surface area (Å²) >= 11 is 0. The SMILES string of the molecule is COc1cccc(C(=O)N/N=C(/C)C(C)(C)C)c1. The number of nitrogens with one attached hydrogen (secondary N) is 1. The van der Waals surface area contributed by atoms with Crippen LogP contribution in [-0.2, 0) is 0 Å². The molecule has 0 aliphatic carbocycles. The number of nitrogens with zero attached hydrogens (tertiary/aromatic N) is 1. The number of amides is 1. The third-order valence-electron chi connectivity index (χ3n) is 2.74. The van der Waals surface area contributed by atoms with Crippen LogP contribution in [0.5, 0.6) is 5.75 Å². The summed E-state index contributed by atoms with van der Waals surface area (Å²) in [6, 6.07) is 6.96. The number of rotatable bonds is 3. The highest BCUT2D eigenvalue weighted by Crippen LogP contribution is 2.15. The van der Waals surface area contributed by atoms with E-state index in [0.717, 1.165) is 5.71 Å². The fourth-order valence-electron chi connectivity index (χ4n) is 1.13. The van der Waals surface area contributed by atoms with Crippen molar-refractivity contribution in [3.63, 3.8) is 0 Å². The van der Waals surface area contributed by atoms with Crippen molar-refractivity contribution < 1.29 is 9.53 Å². The van der Waals surface area contributed by atoms with Gasteiger partial charge in [-0.3, -0.25) is 4.79 Å². The third kappa shape index (κ3) is 3.87. The van der Waals surface area contributed by atoms with Gasteiger partial charge in [-0.25, -0.2) is 5.43 Å². The van der Waals surface area contributed by atoms with E-state index in [1.54, 1.807) is 31.4 Å². The Morgan fingerprint density at radius 2 is 2.00 bits per heavy atom. The number of hydrogen-bond acceptors (Lipinski definition) is 3. The van der Waals surface area contributed by atoms with Gasteiger partial charge in [0.05, 0.1) is 7.11 Å². The molecule has 0 atom stereocenters. The summed E-state index contributed by atoms with van der Waals surface area (Å²) in [5.74, 6) is 0.414. The summed E-state index contributed by atoms with van der Waals surface area (Å²) in [4.78, 5) is 11.9. The highest BCUT2D eigenvalue weighted by Gasteiger charge is 2.15. The standard InChI is InChI=1S/C14H20N2O2/c1-10(14(2,3)4)15-16-13(17)11-7-6-8-12(9-11)18-5/h6-9H,1-5H3,(H,16,17)/b15-10-. The fraction of sp³-hybridized carbons (Fsp3) is 0.429. The molecule has 0 heterocycles. The molecule has 18 heavy (non-hydrogen) atoms. The maximum Gasteiger partial charge on any atom is 0.271 e. The van der Waals surface area contributed by atoms with Crippen molar-refractivity contribution in [1.82, 2.24) is 5.43 Å². The summed E-state index contributed by atoms with van der Waals surface area (Å²) in [6.07, 6.45) is 0. The van der Waals surface area contributed by atoms with Gasteiger partial charge in [0.2, 0.25) is 0 Å². The Hall–Kier alpha value is -1.84. The number of methoxy groups -OCH3 is 1. The van der Waals surface area contributed by atoms with Crippen molar-refractivity contribution in [2.75, 3.05) is 7.11 Å². The van der Waals surface area contributed by atoms with Crippen LogP contribution in [0.1, 0.15) is 38.1 Å². The molecule has 1 aromatic rings. The van der Waals surface area contributed by atoms with E-state index in [1.807, 2.05) is 27.7 Å². The summed E-state index contributed by atoms with van der Waals surface area (Å²) in [5.41, 5.74) is 3.90. The third-order valence-corrected chi connectivity index (χ3v) is 2.74. The first-order chi connectivity index (χ1) is 8.34. The zero-order valence-corrected chi connectivity index (χ0v) is 11.6. The quantitative estimate of drug-likeness (QED) is 0.660. The van der Waals surface area contributed by atoms with Crippen molar-refractivity contribution in [3.05, 3.63) is 29.8 Å². The molecule has 0 aliphatic heterocycles. The molecule has 0 saturated heterocycles. The lowest BCUT2D eigenvalue weighted by Gasteiger charge is -2.17. The molecule has 0 spiro atoms. The average molecular weight is 248 g/mol. The maximum atomic E-state index is 11.9. The van der Waals surface area contributed by atoms with Gasteiger partial charge in [-0.05, 0) is 25.1 Å². The molecule has 0 unspecified atom stereocenters. The van der Waals surface area contributed by atoms with Crippen molar-refractivity contribution in [2.24, 2.45) is 10.5 Å². The first-order valence-electron chi connectivity index (χ1n) is 5.84. The monoisotopic (exact) mass is 248 g/mol. The lowest BCUT2D eigenvalue weighted by Crippen LogP contribution is -2.24. The number of hydrazone groups is 1. The molecule has 4 nitrogen and oxygen atoms in total. The van der Waals surface area contributed by atoms with Crippen LogP contribution in [0.25, 0.3) is 0 Å². The van der Waals surface area contributed by atoms with Gasteiger partial charge in [0.1, 0.15) is 5.75 Å². The summed E-state index contributed by atoms with van der Waals surface area (Å²) < 4.78 is 5.07. The largest absolute Gasteiger partial charge is 0.497 e. The lowest BCUT2D eigenvalue weighted by molar-refractivity contribution is 0.0954. The summed E-state index contributed by atoms with van der Waals surface area (Å²) in [6.45, 7) is 8.03. The Morgan fingerprint density at radius 3 is 2.56 bits per heavy atom. The van der Waals surface area contributed by atoms with Crippen LogP contribution in [0.4, 0.5) is 0 Å². The second kappa shape index (κ2) is 5.67. The van der Waals surface area contributed by atoms with Crippen molar-refractivity contribution in [2.45, 2.75) is 27.7 Å². The predicted molar refractivity (Wildman–Crippen MR) is 73.0 cm³/mol. The van der Waals surface area contributed by atoms with Gasteiger partial charge in [-0.1, -0.05) is 26.8 Å². The zero-order valence-electron chi connectivity index (χ0n) is 11.6. The van der Waals surface area contributed by atoms with Gasteiger partial charge in [0, 0.05) is 16.7 Å². The van der Waals surface area contributed by atoms with Crippen LogP contribution >= 0.6 is 0 Å². The number of hydrogen-bond donors (Lipinski definition) is 1. The second-order valence-electron chi connectivity index (χ2n) is 5.12. The fourth-order valence-corrected chi connectivity index (χ4v) is 1.13. The molecule has 1 rings (SSSR count). The van der Waals surface area contributed by atoms with Crippen LogP contribution in [-0.4, -0.2) is 18.7 Å². The van der Waals surface area contributed by atoms with Crippen LogP contribution in [0.15, 0.2) is 29.4 Å². The van der Waals surface area contributed by atoms with Gasteiger partial charge < -0.3 is 4.74 Å². The second-order valence-corrected chi connectivity index (χ2v) is 5.12. The Kier molecular flexibility index (Phi) is 4.48. The minimum Gasteiger partial charge on any atom is -0.497 e. The van der Waals surface area contributed by atoms with Gasteiger partial charge in [0.15, 0.2) is 0 Å². The van der Waals surface area contributed by atoms with E-state index in [4.69, 9.17) is 4.74 Å². The minimum atomic E-state index is -0.238. The van der Waals surface area contributed by atoms with E-state index < -0.39 is 0 Å². The highest BCUT2D eigenvalue weighted by molar-refractivity contribution is 5.96. The molecule has 0 bridgehead atoms. The molecule has 1 N–H and O–H groups in total. The number of ether oxygens (including phenoxy) is 1. The zero-order chi connectivity index (χ0) is 13.8. The Balaban J connectivity index is 2.77. The van der Waals surface area contributed by atoms with Gasteiger partial charge in [-0.15, -0.1) is 0 Å². The Morgan fingerprint density at radius 1 is 1.33 bits per heavy atom. The van der Waals surface area contributed by atoms with Crippen LogP contribution in [0.2, 0.25) is 0 Å². The maximum absolute atomic E-state index is 11.9. The van der Waals surface area contributed by atoms with Crippen LogP contribution < -0.4 is 10.2 Å². The summed E-state index contributed by atoms with van der Waals surface area (Å²) in [5, 5.41) is 4.10. The molecule has 0 aliphatic rings. The molecule has 0 radical (unpaired) electrons. The number of carbonyl (C=O) groups is 1. The van der Waals surface area contributed by atoms with E-state index in [-0.39, 0.29) is 11.3 Å². The lowest BCUT2D eigenvalue weighted by atomic mass is 9.91. The molecule has 1 aromatic carbocycles. The molecular formula is C14H20N2O2. The Labute approximate surface area is 108 Å². The first kappa shape index (κ1) is 14.2. The smallest absolute Gasteiger partial charge is 0.271 e. The Bertz CT molecular complexity index is 459. The minimum absolute atomic E-state index is 0.0539. The first-order valence-corrected chi connectivity index (χ1v) is 5.84. The summed E-state index contributed by atoms with van der Waals surface area (Å²) in [7, 11) is 1.57. The topological polar surface area (TPSA) is 50.7 Å². The molecule has 0 aromatic heterocycles. The number of benzene rings is 1. The van der Waals surface area contributed by atoms with Gasteiger partial charge in [0.25, 0.3) is 5.91 Å². The molecule has 1 amide bonds. The highest BCUT2D eigenvalue weighted by atomic mass is 16.5. The predicted octanol–water partition coefficient (Wildman–Crippen LogP) is 2.85. The van der Waals surface area contributed by atoms with Crippen LogP contribution in [0, 0.1) is 5.41 Å².